The topological polar surface area (TPSA) is 108 Å². The first-order chi connectivity index (χ1) is 9.81. The molecule has 1 amide bonds. The zero-order valence-corrected chi connectivity index (χ0v) is 13.1. The highest BCUT2D eigenvalue weighted by molar-refractivity contribution is 7.92. The number of methoxy groups -OCH3 is 2. The molecule has 1 aromatic carbocycles. The molecule has 8 heteroatoms. The lowest BCUT2D eigenvalue weighted by atomic mass is 10.2. The fraction of sp³-hybridized carbons (Fsp3) is 0.462. The van der Waals surface area contributed by atoms with Gasteiger partial charge < -0.3 is 20.5 Å². The van der Waals surface area contributed by atoms with Gasteiger partial charge in [0, 0.05) is 12.8 Å². The van der Waals surface area contributed by atoms with E-state index in [-0.39, 0.29) is 12.4 Å². The fourth-order valence-corrected chi connectivity index (χ4v) is 2.73. The Kier molecular flexibility index (Phi) is 5.98. The SMILES string of the molecule is COCCS(=O)(=O)C(C)C(=O)Nc1cc(N)ccc1OC. The van der Waals surface area contributed by atoms with Crippen LogP contribution in [-0.2, 0) is 19.4 Å². The number of hydrogen-bond acceptors (Lipinski definition) is 6. The summed E-state index contributed by atoms with van der Waals surface area (Å²) in [4.78, 5) is 12.1. The molecule has 1 aromatic rings. The van der Waals surface area contributed by atoms with Gasteiger partial charge in [-0.25, -0.2) is 8.42 Å². The molecule has 0 bridgehead atoms. The molecule has 0 aromatic heterocycles. The maximum atomic E-state index is 12.1. The van der Waals surface area contributed by atoms with Crippen LogP contribution in [0.15, 0.2) is 18.2 Å². The van der Waals surface area contributed by atoms with Gasteiger partial charge in [0.2, 0.25) is 5.91 Å². The van der Waals surface area contributed by atoms with Gasteiger partial charge in [0.15, 0.2) is 9.84 Å². The molecule has 0 spiro atoms. The third-order valence-corrected chi connectivity index (χ3v) is 4.99. The lowest BCUT2D eigenvalue weighted by Gasteiger charge is -2.15. The molecular weight excluding hydrogens is 296 g/mol. The number of carbonyl (C=O) groups is 1. The Bertz CT molecular complexity index is 601. The molecular formula is C13H20N2O5S. The number of carbonyl (C=O) groups excluding carboxylic acids is 1. The summed E-state index contributed by atoms with van der Waals surface area (Å²) in [6.07, 6.45) is 0. The summed E-state index contributed by atoms with van der Waals surface area (Å²) in [7, 11) is -0.736. The van der Waals surface area contributed by atoms with E-state index < -0.39 is 21.0 Å². The summed E-state index contributed by atoms with van der Waals surface area (Å²) in [5.74, 6) is -0.458. The molecule has 0 aliphatic carbocycles. The van der Waals surface area contributed by atoms with Crippen molar-refractivity contribution in [2.45, 2.75) is 12.2 Å². The zero-order chi connectivity index (χ0) is 16.0. The second-order valence-electron chi connectivity index (χ2n) is 4.45. The second kappa shape index (κ2) is 7.28. The molecule has 0 saturated carbocycles. The first-order valence-electron chi connectivity index (χ1n) is 6.26. The first kappa shape index (κ1) is 17.3. The van der Waals surface area contributed by atoms with E-state index in [0.29, 0.717) is 17.1 Å². The molecule has 0 fully saturated rings. The quantitative estimate of drug-likeness (QED) is 0.716. The maximum Gasteiger partial charge on any atom is 0.242 e. The maximum absolute atomic E-state index is 12.1. The van der Waals surface area contributed by atoms with Gasteiger partial charge in [-0.15, -0.1) is 0 Å². The van der Waals surface area contributed by atoms with Crippen molar-refractivity contribution in [3.05, 3.63) is 18.2 Å². The summed E-state index contributed by atoms with van der Waals surface area (Å²) >= 11 is 0. The standard InChI is InChI=1S/C13H20N2O5S/c1-9(21(17,18)7-6-19-2)13(16)15-11-8-10(14)4-5-12(11)20-3/h4-5,8-9H,6-7,14H2,1-3H3,(H,15,16). The van der Waals surface area contributed by atoms with Gasteiger partial charge in [-0.1, -0.05) is 0 Å². The number of nitrogens with two attached hydrogens (primary N) is 1. The molecule has 21 heavy (non-hydrogen) atoms. The average molecular weight is 316 g/mol. The molecule has 0 heterocycles. The largest absolute Gasteiger partial charge is 0.495 e. The third kappa shape index (κ3) is 4.61. The Hall–Kier alpha value is -1.80. The number of sulfone groups is 1. The van der Waals surface area contributed by atoms with Crippen LogP contribution >= 0.6 is 0 Å². The highest BCUT2D eigenvalue weighted by Crippen LogP contribution is 2.26. The van der Waals surface area contributed by atoms with Gasteiger partial charge in [0.05, 0.1) is 25.2 Å². The van der Waals surface area contributed by atoms with Crippen molar-refractivity contribution in [1.29, 1.82) is 0 Å². The Morgan fingerprint density at radius 3 is 2.62 bits per heavy atom. The predicted molar refractivity (Wildman–Crippen MR) is 81.2 cm³/mol. The fourth-order valence-electron chi connectivity index (χ4n) is 1.60. The average Bonchev–Trinajstić information content (AvgIpc) is 2.44. The van der Waals surface area contributed by atoms with Gasteiger partial charge in [-0.05, 0) is 25.1 Å². The third-order valence-electron chi connectivity index (χ3n) is 2.96. The van der Waals surface area contributed by atoms with Gasteiger partial charge >= 0.3 is 0 Å². The van der Waals surface area contributed by atoms with Crippen molar-refractivity contribution >= 4 is 27.1 Å². The van der Waals surface area contributed by atoms with Crippen LogP contribution in [0.3, 0.4) is 0 Å². The lowest BCUT2D eigenvalue weighted by molar-refractivity contribution is -0.115. The smallest absolute Gasteiger partial charge is 0.242 e. The van der Waals surface area contributed by atoms with Gasteiger partial charge in [-0.3, -0.25) is 4.79 Å². The van der Waals surface area contributed by atoms with Crippen LogP contribution < -0.4 is 15.8 Å². The van der Waals surface area contributed by atoms with Gasteiger partial charge in [0.1, 0.15) is 11.0 Å². The minimum absolute atomic E-state index is 0.0432. The van der Waals surface area contributed by atoms with Crippen LogP contribution in [0.4, 0.5) is 11.4 Å². The summed E-state index contributed by atoms with van der Waals surface area (Å²) in [5.41, 5.74) is 6.41. The van der Waals surface area contributed by atoms with Crippen LogP contribution in [0.5, 0.6) is 5.75 Å². The van der Waals surface area contributed by atoms with Crippen LogP contribution in [-0.4, -0.2) is 46.2 Å². The summed E-state index contributed by atoms with van der Waals surface area (Å²) < 4.78 is 33.7. The number of amides is 1. The second-order valence-corrected chi connectivity index (χ2v) is 6.89. The first-order valence-corrected chi connectivity index (χ1v) is 7.98. The van der Waals surface area contributed by atoms with Crippen molar-refractivity contribution in [3.8, 4) is 5.75 Å². The van der Waals surface area contributed by atoms with Crippen molar-refractivity contribution < 1.29 is 22.7 Å². The molecule has 7 nitrogen and oxygen atoms in total. The van der Waals surface area contributed by atoms with E-state index in [1.165, 1.54) is 27.2 Å². The highest BCUT2D eigenvalue weighted by atomic mass is 32.2. The molecule has 3 N–H and O–H groups in total. The molecule has 1 rings (SSSR count). The van der Waals surface area contributed by atoms with Crippen LogP contribution in [0.1, 0.15) is 6.92 Å². The number of nitrogen functional groups attached to an aromatic ring is 1. The van der Waals surface area contributed by atoms with Crippen molar-refractivity contribution in [2.75, 3.05) is 37.6 Å². The lowest BCUT2D eigenvalue weighted by Crippen LogP contribution is -2.35. The Balaban J connectivity index is 2.88. The van der Waals surface area contributed by atoms with Gasteiger partial charge in [0.25, 0.3) is 0 Å². The van der Waals surface area contributed by atoms with Crippen LogP contribution in [0.25, 0.3) is 0 Å². The number of ether oxygens (including phenoxy) is 2. The van der Waals surface area contributed by atoms with E-state index in [9.17, 15) is 13.2 Å². The van der Waals surface area contributed by atoms with Crippen LogP contribution in [0.2, 0.25) is 0 Å². The van der Waals surface area contributed by atoms with E-state index in [4.69, 9.17) is 15.2 Å². The van der Waals surface area contributed by atoms with E-state index in [1.807, 2.05) is 0 Å². The molecule has 118 valence electrons. The Morgan fingerprint density at radius 1 is 1.38 bits per heavy atom. The molecule has 0 aliphatic rings. The Morgan fingerprint density at radius 2 is 2.05 bits per heavy atom. The summed E-state index contributed by atoms with van der Waals surface area (Å²) in [6, 6.07) is 4.72. The predicted octanol–water partition coefficient (Wildman–Crippen LogP) is 0.666. The van der Waals surface area contributed by atoms with E-state index in [1.54, 1.807) is 12.1 Å². The Labute approximate surface area is 124 Å². The van der Waals surface area contributed by atoms with E-state index in [0.717, 1.165) is 0 Å². The highest BCUT2D eigenvalue weighted by Gasteiger charge is 2.28. The number of benzene rings is 1. The zero-order valence-electron chi connectivity index (χ0n) is 12.3. The van der Waals surface area contributed by atoms with Crippen molar-refractivity contribution in [2.24, 2.45) is 0 Å². The number of anilines is 2. The minimum atomic E-state index is -3.58. The molecule has 0 saturated heterocycles. The normalized spacial score (nSPS) is 12.7. The minimum Gasteiger partial charge on any atom is -0.495 e. The van der Waals surface area contributed by atoms with E-state index in [2.05, 4.69) is 5.32 Å². The number of rotatable bonds is 7. The summed E-state index contributed by atoms with van der Waals surface area (Å²) in [6.45, 7) is 1.38. The molecule has 0 radical (unpaired) electrons. The van der Waals surface area contributed by atoms with Crippen molar-refractivity contribution in [3.63, 3.8) is 0 Å². The van der Waals surface area contributed by atoms with E-state index >= 15 is 0 Å². The van der Waals surface area contributed by atoms with Gasteiger partial charge in [-0.2, -0.15) is 0 Å². The molecule has 0 aliphatic heterocycles. The monoisotopic (exact) mass is 316 g/mol. The molecule has 1 atom stereocenters. The molecule has 1 unspecified atom stereocenters. The van der Waals surface area contributed by atoms with Crippen molar-refractivity contribution in [1.82, 2.24) is 0 Å². The van der Waals surface area contributed by atoms with Crippen LogP contribution in [0, 0.1) is 0 Å². The number of hydrogen-bond donors (Lipinski definition) is 2. The summed E-state index contributed by atoms with van der Waals surface area (Å²) in [5, 5.41) is 1.33. The number of nitrogens with one attached hydrogen (secondary N) is 1.